The SMILES string of the molecule is COCC(N)C(=O)NCCc1ccc(C(=O)O)cc1. The zero-order valence-corrected chi connectivity index (χ0v) is 10.8. The summed E-state index contributed by atoms with van der Waals surface area (Å²) in [6.45, 7) is 0.627. The van der Waals surface area contributed by atoms with Crippen LogP contribution >= 0.6 is 0 Å². The third-order valence-corrected chi connectivity index (χ3v) is 2.60. The molecule has 1 atom stereocenters. The van der Waals surface area contributed by atoms with Crippen LogP contribution in [-0.4, -0.2) is 43.3 Å². The van der Waals surface area contributed by atoms with Crippen LogP contribution in [0.3, 0.4) is 0 Å². The monoisotopic (exact) mass is 266 g/mol. The molecule has 0 bridgehead atoms. The maximum Gasteiger partial charge on any atom is 0.335 e. The highest BCUT2D eigenvalue weighted by Crippen LogP contribution is 2.04. The molecule has 0 saturated carbocycles. The molecule has 0 spiro atoms. The van der Waals surface area contributed by atoms with E-state index < -0.39 is 12.0 Å². The van der Waals surface area contributed by atoms with Crippen LogP contribution in [-0.2, 0) is 16.0 Å². The summed E-state index contributed by atoms with van der Waals surface area (Å²) in [5.41, 5.74) is 6.75. The van der Waals surface area contributed by atoms with Gasteiger partial charge in [-0.3, -0.25) is 4.79 Å². The normalized spacial score (nSPS) is 11.9. The van der Waals surface area contributed by atoms with Crippen molar-refractivity contribution in [2.45, 2.75) is 12.5 Å². The maximum absolute atomic E-state index is 11.5. The molecule has 1 aromatic rings. The van der Waals surface area contributed by atoms with Gasteiger partial charge in [0.1, 0.15) is 6.04 Å². The molecule has 104 valence electrons. The molecule has 0 heterocycles. The molecule has 4 N–H and O–H groups in total. The molecular formula is C13H18N2O4. The van der Waals surface area contributed by atoms with Crippen molar-refractivity contribution in [3.8, 4) is 0 Å². The maximum atomic E-state index is 11.5. The van der Waals surface area contributed by atoms with Gasteiger partial charge in [-0.25, -0.2) is 4.79 Å². The molecule has 6 heteroatoms. The smallest absolute Gasteiger partial charge is 0.335 e. The highest BCUT2D eigenvalue weighted by molar-refractivity contribution is 5.87. The molecule has 0 aromatic heterocycles. The van der Waals surface area contributed by atoms with Crippen LogP contribution in [0.4, 0.5) is 0 Å². The lowest BCUT2D eigenvalue weighted by atomic mass is 10.1. The summed E-state index contributed by atoms with van der Waals surface area (Å²) in [5.74, 6) is -1.21. The second-order valence-corrected chi connectivity index (χ2v) is 4.10. The number of ether oxygens (including phenoxy) is 1. The predicted octanol–water partition coefficient (Wildman–Crippen LogP) is 0.0172. The Morgan fingerprint density at radius 2 is 2.00 bits per heavy atom. The van der Waals surface area contributed by atoms with E-state index in [4.69, 9.17) is 15.6 Å². The molecule has 0 aliphatic heterocycles. The molecule has 0 fully saturated rings. The van der Waals surface area contributed by atoms with Crippen molar-refractivity contribution in [3.05, 3.63) is 35.4 Å². The number of carbonyl (C=O) groups excluding carboxylic acids is 1. The first-order valence-electron chi connectivity index (χ1n) is 5.89. The molecule has 0 aliphatic rings. The van der Waals surface area contributed by atoms with Gasteiger partial charge in [-0.1, -0.05) is 12.1 Å². The number of nitrogens with two attached hydrogens (primary N) is 1. The van der Waals surface area contributed by atoms with Crippen LogP contribution in [0.2, 0.25) is 0 Å². The topological polar surface area (TPSA) is 102 Å². The molecule has 1 rings (SSSR count). The second kappa shape index (κ2) is 7.50. The van der Waals surface area contributed by atoms with Crippen LogP contribution in [0.1, 0.15) is 15.9 Å². The van der Waals surface area contributed by atoms with Crippen molar-refractivity contribution in [2.24, 2.45) is 5.73 Å². The fraction of sp³-hybridized carbons (Fsp3) is 0.385. The summed E-state index contributed by atoms with van der Waals surface area (Å²) in [7, 11) is 1.48. The average molecular weight is 266 g/mol. The van der Waals surface area contributed by atoms with E-state index in [2.05, 4.69) is 5.32 Å². The van der Waals surface area contributed by atoms with Crippen molar-refractivity contribution in [1.82, 2.24) is 5.32 Å². The highest BCUT2D eigenvalue weighted by atomic mass is 16.5. The fourth-order valence-corrected chi connectivity index (χ4v) is 1.53. The number of benzene rings is 1. The first kappa shape index (κ1) is 15.1. The van der Waals surface area contributed by atoms with E-state index in [1.54, 1.807) is 12.1 Å². The van der Waals surface area contributed by atoms with Gasteiger partial charge >= 0.3 is 5.97 Å². The molecule has 19 heavy (non-hydrogen) atoms. The number of aromatic carboxylic acids is 1. The summed E-state index contributed by atoms with van der Waals surface area (Å²) < 4.78 is 4.78. The van der Waals surface area contributed by atoms with Crippen molar-refractivity contribution in [3.63, 3.8) is 0 Å². The van der Waals surface area contributed by atoms with Crippen LogP contribution < -0.4 is 11.1 Å². The summed E-state index contributed by atoms with van der Waals surface area (Å²) in [4.78, 5) is 22.1. The summed E-state index contributed by atoms with van der Waals surface area (Å²) in [6, 6.07) is 5.86. The van der Waals surface area contributed by atoms with Gasteiger partial charge in [0, 0.05) is 13.7 Å². The molecule has 6 nitrogen and oxygen atoms in total. The van der Waals surface area contributed by atoms with Gasteiger partial charge < -0.3 is 20.9 Å². The van der Waals surface area contributed by atoms with E-state index in [9.17, 15) is 9.59 Å². The average Bonchev–Trinajstić information content (AvgIpc) is 2.39. The summed E-state index contributed by atoms with van der Waals surface area (Å²) >= 11 is 0. The lowest BCUT2D eigenvalue weighted by molar-refractivity contribution is -0.123. The second-order valence-electron chi connectivity index (χ2n) is 4.10. The third-order valence-electron chi connectivity index (χ3n) is 2.60. The van der Waals surface area contributed by atoms with Gasteiger partial charge in [0.25, 0.3) is 0 Å². The van der Waals surface area contributed by atoms with Gasteiger partial charge in [0.2, 0.25) is 5.91 Å². The van der Waals surface area contributed by atoms with Crippen LogP contribution in [0.25, 0.3) is 0 Å². The number of carboxylic acid groups (broad SMARTS) is 1. The third kappa shape index (κ3) is 5.07. The van der Waals surface area contributed by atoms with Gasteiger partial charge in [-0.2, -0.15) is 0 Å². The molecule has 1 aromatic carbocycles. The predicted molar refractivity (Wildman–Crippen MR) is 70.0 cm³/mol. The Morgan fingerprint density at radius 1 is 1.37 bits per heavy atom. The lowest BCUT2D eigenvalue weighted by Crippen LogP contribution is -2.44. The number of amides is 1. The molecule has 0 saturated heterocycles. The molecular weight excluding hydrogens is 248 g/mol. The number of nitrogens with one attached hydrogen (secondary N) is 1. The Kier molecular flexibility index (Phi) is 5.98. The zero-order valence-electron chi connectivity index (χ0n) is 10.8. The number of hydrogen-bond acceptors (Lipinski definition) is 4. The first-order valence-corrected chi connectivity index (χ1v) is 5.89. The number of carbonyl (C=O) groups is 2. The Balaban J connectivity index is 2.37. The number of hydrogen-bond donors (Lipinski definition) is 3. The molecule has 0 radical (unpaired) electrons. The van der Waals surface area contributed by atoms with Gasteiger partial charge in [0.15, 0.2) is 0 Å². The first-order chi connectivity index (χ1) is 9.04. The Hall–Kier alpha value is -1.92. The molecule has 1 unspecified atom stereocenters. The highest BCUT2D eigenvalue weighted by Gasteiger charge is 2.11. The zero-order chi connectivity index (χ0) is 14.3. The Morgan fingerprint density at radius 3 is 2.53 bits per heavy atom. The lowest BCUT2D eigenvalue weighted by Gasteiger charge is -2.11. The van der Waals surface area contributed by atoms with E-state index in [1.807, 2.05) is 0 Å². The minimum atomic E-state index is -0.953. The van der Waals surface area contributed by atoms with Gasteiger partial charge in [0.05, 0.1) is 12.2 Å². The standard InChI is InChI=1S/C13H18N2O4/c1-19-8-11(14)12(16)15-7-6-9-2-4-10(5-3-9)13(17)18/h2-5,11H,6-8,14H2,1H3,(H,15,16)(H,17,18). The van der Waals surface area contributed by atoms with E-state index in [0.29, 0.717) is 13.0 Å². The van der Waals surface area contributed by atoms with E-state index >= 15 is 0 Å². The fourth-order valence-electron chi connectivity index (χ4n) is 1.53. The van der Waals surface area contributed by atoms with Crippen LogP contribution in [0.5, 0.6) is 0 Å². The number of carboxylic acids is 1. The van der Waals surface area contributed by atoms with Gasteiger partial charge in [-0.15, -0.1) is 0 Å². The van der Waals surface area contributed by atoms with Gasteiger partial charge in [-0.05, 0) is 24.1 Å². The van der Waals surface area contributed by atoms with E-state index in [0.717, 1.165) is 5.56 Å². The van der Waals surface area contributed by atoms with Crippen molar-refractivity contribution < 1.29 is 19.4 Å². The quantitative estimate of drug-likeness (QED) is 0.645. The summed E-state index contributed by atoms with van der Waals surface area (Å²) in [5, 5.41) is 11.4. The van der Waals surface area contributed by atoms with Crippen molar-refractivity contribution >= 4 is 11.9 Å². The van der Waals surface area contributed by atoms with Crippen LogP contribution in [0, 0.1) is 0 Å². The Bertz CT molecular complexity index is 431. The minimum absolute atomic E-state index is 0.180. The molecule has 1 amide bonds. The van der Waals surface area contributed by atoms with Crippen molar-refractivity contribution in [1.29, 1.82) is 0 Å². The van der Waals surface area contributed by atoms with E-state index in [1.165, 1.54) is 19.2 Å². The number of methoxy groups -OCH3 is 1. The van der Waals surface area contributed by atoms with Crippen LogP contribution in [0.15, 0.2) is 24.3 Å². The van der Waals surface area contributed by atoms with E-state index in [-0.39, 0.29) is 18.1 Å². The minimum Gasteiger partial charge on any atom is -0.478 e. The Labute approximate surface area is 111 Å². The summed E-state index contributed by atoms with van der Waals surface area (Å²) in [6.07, 6.45) is 0.616. The number of rotatable bonds is 7. The van der Waals surface area contributed by atoms with Crippen molar-refractivity contribution in [2.75, 3.05) is 20.3 Å². The molecule has 0 aliphatic carbocycles. The largest absolute Gasteiger partial charge is 0.478 e.